The van der Waals surface area contributed by atoms with Crippen molar-refractivity contribution in [1.82, 2.24) is 19.8 Å². The lowest BCUT2D eigenvalue weighted by Crippen LogP contribution is -2.23. The van der Waals surface area contributed by atoms with E-state index in [4.69, 9.17) is 14.3 Å². The molecule has 1 heterocycles. The van der Waals surface area contributed by atoms with Gasteiger partial charge in [-0.2, -0.15) is 9.36 Å². The Hall–Kier alpha value is -3.62. The first-order valence-corrected chi connectivity index (χ1v) is 10.6. The molecular weight excluding hydrogens is 422 g/mol. The first-order valence-electron chi connectivity index (χ1n) is 10.6. The highest BCUT2D eigenvalue weighted by molar-refractivity contribution is 6.00. The van der Waals surface area contributed by atoms with E-state index in [9.17, 15) is 4.79 Å². The molecule has 0 aliphatic carbocycles. The van der Waals surface area contributed by atoms with Gasteiger partial charge in [-0.15, -0.1) is 0 Å². The van der Waals surface area contributed by atoms with Crippen molar-refractivity contribution in [3.63, 3.8) is 0 Å². The maximum atomic E-state index is 12.4. The highest BCUT2D eigenvalue weighted by atomic mass is 16.6. The number of tetrazole rings is 1. The van der Waals surface area contributed by atoms with E-state index in [1.165, 1.54) is 9.36 Å². The van der Waals surface area contributed by atoms with E-state index in [-0.39, 0.29) is 17.7 Å². The van der Waals surface area contributed by atoms with Crippen molar-refractivity contribution >= 4 is 5.71 Å². The van der Waals surface area contributed by atoms with Crippen LogP contribution in [0.5, 0.6) is 11.5 Å². The first kappa shape index (κ1) is 24.0. The van der Waals surface area contributed by atoms with Gasteiger partial charge >= 0.3 is 5.69 Å². The van der Waals surface area contributed by atoms with E-state index in [0.29, 0.717) is 17.0 Å². The van der Waals surface area contributed by atoms with Gasteiger partial charge in [0.25, 0.3) is 0 Å². The minimum Gasteiger partial charge on any atom is -0.496 e. The number of hydrogen-bond donors (Lipinski definition) is 0. The lowest BCUT2D eigenvalue weighted by molar-refractivity contribution is 0.211. The number of ether oxygens (including phenoxy) is 2. The number of oxime groups is 1. The zero-order valence-corrected chi connectivity index (χ0v) is 20.2. The van der Waals surface area contributed by atoms with Gasteiger partial charge < -0.3 is 14.3 Å². The average Bonchev–Trinajstić information content (AvgIpc) is 3.09. The third-order valence-electron chi connectivity index (χ3n) is 5.06. The molecule has 0 saturated heterocycles. The molecule has 0 radical (unpaired) electrons. The zero-order valence-electron chi connectivity index (χ0n) is 20.2. The van der Waals surface area contributed by atoms with Crippen LogP contribution in [0.2, 0.25) is 0 Å². The minimum atomic E-state index is -0.353. The Labute approximate surface area is 193 Å². The van der Waals surface area contributed by atoms with Crippen molar-refractivity contribution in [2.75, 3.05) is 14.2 Å². The fraction of sp³-hybridized carbons (Fsp3) is 0.417. The largest absolute Gasteiger partial charge is 0.496 e. The van der Waals surface area contributed by atoms with Gasteiger partial charge in [-0.3, -0.25) is 0 Å². The van der Waals surface area contributed by atoms with Crippen LogP contribution in [0, 0.1) is 12.3 Å². The standard InChI is InChI=1S/C24H31N5O4/c1-16-13-17(19(25-32-7)14-24(2,3)4)11-12-21(16)33-15-18-20(9-8-10-22(18)31-6)29-23(30)28(5)26-27-29/h8-13H,14-15H2,1-7H3. The maximum absolute atomic E-state index is 12.4. The minimum absolute atomic E-state index is 0.0686. The van der Waals surface area contributed by atoms with Gasteiger partial charge in [-0.05, 0) is 70.6 Å². The van der Waals surface area contributed by atoms with E-state index >= 15 is 0 Å². The molecule has 33 heavy (non-hydrogen) atoms. The van der Waals surface area contributed by atoms with Crippen LogP contribution >= 0.6 is 0 Å². The Bertz CT molecular complexity index is 1200. The van der Waals surface area contributed by atoms with Crippen LogP contribution in [0.25, 0.3) is 5.69 Å². The van der Waals surface area contributed by atoms with Gasteiger partial charge in [-0.25, -0.2) is 4.79 Å². The van der Waals surface area contributed by atoms with Crippen molar-refractivity contribution in [3.8, 4) is 17.2 Å². The summed E-state index contributed by atoms with van der Waals surface area (Å²) in [5.74, 6) is 1.31. The fourth-order valence-electron chi connectivity index (χ4n) is 3.49. The predicted molar refractivity (Wildman–Crippen MR) is 126 cm³/mol. The average molecular weight is 454 g/mol. The van der Waals surface area contributed by atoms with Crippen molar-refractivity contribution in [2.24, 2.45) is 17.6 Å². The second-order valence-electron chi connectivity index (χ2n) is 8.98. The molecule has 9 nitrogen and oxygen atoms in total. The summed E-state index contributed by atoms with van der Waals surface area (Å²) < 4.78 is 14.1. The Morgan fingerprint density at radius 3 is 2.42 bits per heavy atom. The smallest absolute Gasteiger partial charge is 0.368 e. The van der Waals surface area contributed by atoms with E-state index < -0.39 is 0 Å². The molecule has 0 N–H and O–H groups in total. The third-order valence-corrected chi connectivity index (χ3v) is 5.06. The Morgan fingerprint density at radius 2 is 1.85 bits per heavy atom. The van der Waals surface area contributed by atoms with Crippen molar-refractivity contribution in [1.29, 1.82) is 0 Å². The quantitative estimate of drug-likeness (QED) is 0.382. The van der Waals surface area contributed by atoms with Gasteiger partial charge in [0.2, 0.25) is 0 Å². The molecule has 0 atom stereocenters. The molecule has 9 heteroatoms. The molecule has 0 aliphatic rings. The number of aryl methyl sites for hydroxylation is 2. The molecule has 0 unspecified atom stereocenters. The third kappa shape index (κ3) is 5.60. The zero-order chi connectivity index (χ0) is 24.2. The number of hydrogen-bond acceptors (Lipinski definition) is 7. The van der Waals surface area contributed by atoms with Crippen LogP contribution in [0.4, 0.5) is 0 Å². The van der Waals surface area contributed by atoms with Crippen molar-refractivity contribution < 1.29 is 14.3 Å². The normalized spacial score (nSPS) is 12.0. The Morgan fingerprint density at radius 1 is 1.09 bits per heavy atom. The second-order valence-corrected chi connectivity index (χ2v) is 8.98. The van der Waals surface area contributed by atoms with Gasteiger partial charge in [0.05, 0.1) is 24.1 Å². The highest BCUT2D eigenvalue weighted by Crippen LogP contribution is 2.29. The summed E-state index contributed by atoms with van der Waals surface area (Å²) in [6.07, 6.45) is 0.776. The van der Waals surface area contributed by atoms with E-state index in [2.05, 4.69) is 36.4 Å². The van der Waals surface area contributed by atoms with Crippen LogP contribution in [0.15, 0.2) is 46.3 Å². The summed E-state index contributed by atoms with van der Waals surface area (Å²) in [6, 6.07) is 11.3. The molecule has 0 bridgehead atoms. The molecule has 176 valence electrons. The molecule has 0 spiro atoms. The summed E-state index contributed by atoms with van der Waals surface area (Å²) in [5.41, 5.74) is 3.79. The summed E-state index contributed by atoms with van der Waals surface area (Å²) in [4.78, 5) is 17.5. The van der Waals surface area contributed by atoms with E-state index in [1.54, 1.807) is 33.4 Å². The molecule has 0 saturated carbocycles. The molecule has 0 fully saturated rings. The Kier molecular flexibility index (Phi) is 7.20. The van der Waals surface area contributed by atoms with Gasteiger partial charge in [0.15, 0.2) is 0 Å². The number of nitrogens with zero attached hydrogens (tertiary/aromatic N) is 5. The number of benzene rings is 2. The number of rotatable bonds is 8. The predicted octanol–water partition coefficient (Wildman–Crippen LogP) is 3.65. The fourth-order valence-corrected chi connectivity index (χ4v) is 3.49. The maximum Gasteiger partial charge on any atom is 0.368 e. The lowest BCUT2D eigenvalue weighted by Gasteiger charge is -2.20. The first-order chi connectivity index (χ1) is 15.6. The van der Waals surface area contributed by atoms with Crippen LogP contribution in [0.1, 0.15) is 43.9 Å². The number of aromatic nitrogens is 4. The van der Waals surface area contributed by atoms with Gasteiger partial charge in [-0.1, -0.05) is 32.0 Å². The van der Waals surface area contributed by atoms with Crippen LogP contribution in [-0.4, -0.2) is 39.7 Å². The topological polar surface area (TPSA) is 92.8 Å². The highest BCUT2D eigenvalue weighted by Gasteiger charge is 2.19. The van der Waals surface area contributed by atoms with Crippen LogP contribution in [-0.2, 0) is 18.5 Å². The molecule has 3 aromatic rings. The van der Waals surface area contributed by atoms with Gasteiger partial charge in [0.1, 0.15) is 25.2 Å². The van der Waals surface area contributed by atoms with Crippen molar-refractivity contribution in [3.05, 3.63) is 63.6 Å². The summed E-state index contributed by atoms with van der Waals surface area (Å²) >= 11 is 0. The summed E-state index contributed by atoms with van der Waals surface area (Å²) in [6.45, 7) is 8.65. The summed E-state index contributed by atoms with van der Waals surface area (Å²) in [5, 5.41) is 12.0. The molecule has 3 rings (SSSR count). The molecule has 1 aromatic heterocycles. The second kappa shape index (κ2) is 9.89. The van der Waals surface area contributed by atoms with E-state index in [1.807, 2.05) is 31.2 Å². The van der Waals surface area contributed by atoms with Crippen LogP contribution < -0.4 is 15.2 Å². The van der Waals surface area contributed by atoms with E-state index in [0.717, 1.165) is 29.0 Å². The molecule has 2 aromatic carbocycles. The monoisotopic (exact) mass is 453 g/mol. The number of methoxy groups -OCH3 is 1. The van der Waals surface area contributed by atoms with Crippen molar-refractivity contribution in [2.45, 2.75) is 40.7 Å². The Balaban J connectivity index is 1.90. The molecular formula is C24H31N5O4. The SMILES string of the molecule is CON=C(CC(C)(C)C)c1ccc(OCc2c(OC)cccc2-n2nnn(C)c2=O)c(C)c1. The van der Waals surface area contributed by atoms with Gasteiger partial charge in [0, 0.05) is 7.05 Å². The lowest BCUT2D eigenvalue weighted by atomic mass is 9.87. The summed E-state index contributed by atoms with van der Waals surface area (Å²) in [7, 11) is 4.68. The molecule has 0 aliphatic heterocycles. The molecule has 0 amide bonds. The van der Waals surface area contributed by atoms with Crippen LogP contribution in [0.3, 0.4) is 0 Å².